The molecule has 9 nitrogen and oxygen atoms in total. The summed E-state index contributed by atoms with van der Waals surface area (Å²) >= 11 is 0. The van der Waals surface area contributed by atoms with E-state index in [4.69, 9.17) is 9.47 Å². The number of fused-ring (bicyclic) bond motifs is 1. The van der Waals surface area contributed by atoms with Crippen LogP contribution in [0.1, 0.15) is 49.9 Å². The van der Waals surface area contributed by atoms with Crippen LogP contribution in [0.3, 0.4) is 0 Å². The van der Waals surface area contributed by atoms with E-state index in [1.807, 2.05) is 57.2 Å². The van der Waals surface area contributed by atoms with E-state index in [2.05, 4.69) is 40.0 Å². The van der Waals surface area contributed by atoms with Crippen molar-refractivity contribution in [3.05, 3.63) is 64.4 Å². The number of anilines is 2. The van der Waals surface area contributed by atoms with Crippen molar-refractivity contribution >= 4 is 17.5 Å². The van der Waals surface area contributed by atoms with Gasteiger partial charge >= 0.3 is 0 Å². The molecule has 1 atom stereocenters. The molecule has 1 aromatic heterocycles. The summed E-state index contributed by atoms with van der Waals surface area (Å²) in [6, 6.07) is 11.0. The van der Waals surface area contributed by atoms with E-state index in [-0.39, 0.29) is 5.91 Å². The molecule has 4 rings (SSSR count). The van der Waals surface area contributed by atoms with Gasteiger partial charge < -0.3 is 20.1 Å². The van der Waals surface area contributed by atoms with Gasteiger partial charge in [0.1, 0.15) is 6.04 Å². The first kappa shape index (κ1) is 24.3. The molecule has 0 bridgehead atoms. The van der Waals surface area contributed by atoms with Gasteiger partial charge in [0.25, 0.3) is 5.91 Å². The molecule has 1 aliphatic rings. The highest BCUT2D eigenvalue weighted by Crippen LogP contribution is 2.39. The largest absolute Gasteiger partial charge is 0.493 e. The van der Waals surface area contributed by atoms with Gasteiger partial charge in [-0.05, 0) is 78.4 Å². The average Bonchev–Trinajstić information content (AvgIpc) is 3.29. The Balaban J connectivity index is 1.71. The number of nitrogens with zero attached hydrogens (tertiary/aromatic N) is 4. The van der Waals surface area contributed by atoms with Crippen LogP contribution in [-0.2, 0) is 4.79 Å². The molecule has 2 aromatic carbocycles. The van der Waals surface area contributed by atoms with Crippen LogP contribution < -0.4 is 20.1 Å². The fraction of sp³-hybridized carbons (Fsp3) is 0.385. The molecule has 0 radical (unpaired) electrons. The van der Waals surface area contributed by atoms with Crippen molar-refractivity contribution < 1.29 is 14.3 Å². The normalized spacial score (nSPS) is 15.0. The molecule has 1 aliphatic heterocycles. The van der Waals surface area contributed by atoms with Gasteiger partial charge in [-0.3, -0.25) is 4.79 Å². The lowest BCUT2D eigenvalue weighted by Gasteiger charge is -2.28. The molecule has 2 heterocycles. The lowest BCUT2D eigenvalue weighted by Crippen LogP contribution is -2.31. The maximum absolute atomic E-state index is 13.6. The van der Waals surface area contributed by atoms with Crippen molar-refractivity contribution in [1.29, 1.82) is 0 Å². The first-order valence-electron chi connectivity index (χ1n) is 11.7. The third kappa shape index (κ3) is 4.99. The van der Waals surface area contributed by atoms with Crippen LogP contribution in [0.2, 0.25) is 0 Å². The van der Waals surface area contributed by atoms with Crippen molar-refractivity contribution in [2.75, 3.05) is 24.4 Å². The van der Waals surface area contributed by atoms with E-state index < -0.39 is 6.04 Å². The number of carbonyl (C=O) groups is 1. The smallest absolute Gasteiger partial charge is 0.255 e. The van der Waals surface area contributed by atoms with Gasteiger partial charge in [0, 0.05) is 11.4 Å². The Morgan fingerprint density at radius 2 is 1.97 bits per heavy atom. The number of hydrogen-bond acceptors (Lipinski definition) is 7. The molecule has 0 fully saturated rings. The lowest BCUT2D eigenvalue weighted by atomic mass is 9.94. The minimum absolute atomic E-state index is 0.230. The molecular formula is C26H32N6O3. The average molecular weight is 477 g/mol. The molecule has 0 aliphatic carbocycles. The fourth-order valence-electron chi connectivity index (χ4n) is 4.07. The van der Waals surface area contributed by atoms with Crippen LogP contribution in [-0.4, -0.2) is 39.8 Å². The minimum Gasteiger partial charge on any atom is -0.493 e. The zero-order valence-electron chi connectivity index (χ0n) is 21.0. The predicted molar refractivity (Wildman–Crippen MR) is 135 cm³/mol. The standard InChI is InChI=1S/C26H32N6O3/c1-15(2)12-13-35-21-11-10-19(14-22(21)34-6)24-23(18(5)27-26-29-30-31-32(24)26)25(33)28-20-9-7-8-16(3)17(20)4/h7-11,14-15,24H,12-13H2,1-6H3,(H,28,33)(H,27,29,31). The number of rotatable bonds is 8. The number of hydrogen-bond donors (Lipinski definition) is 2. The summed E-state index contributed by atoms with van der Waals surface area (Å²) in [7, 11) is 1.61. The molecular weight excluding hydrogens is 444 g/mol. The van der Waals surface area contributed by atoms with Crippen molar-refractivity contribution in [3.63, 3.8) is 0 Å². The van der Waals surface area contributed by atoms with Gasteiger partial charge in [-0.15, -0.1) is 0 Å². The number of methoxy groups -OCH3 is 1. The molecule has 0 saturated carbocycles. The third-order valence-corrected chi connectivity index (χ3v) is 6.27. The first-order chi connectivity index (χ1) is 16.8. The van der Waals surface area contributed by atoms with Crippen LogP contribution in [0.15, 0.2) is 47.7 Å². The summed E-state index contributed by atoms with van der Waals surface area (Å²) < 4.78 is 13.2. The number of ether oxygens (including phenoxy) is 2. The Labute approximate surface area is 205 Å². The van der Waals surface area contributed by atoms with E-state index in [9.17, 15) is 4.79 Å². The van der Waals surface area contributed by atoms with E-state index in [0.717, 1.165) is 28.8 Å². The van der Waals surface area contributed by atoms with Gasteiger partial charge in [0.15, 0.2) is 11.5 Å². The van der Waals surface area contributed by atoms with E-state index >= 15 is 0 Å². The van der Waals surface area contributed by atoms with E-state index in [0.29, 0.717) is 41.2 Å². The number of allylic oxidation sites excluding steroid dienone is 1. The van der Waals surface area contributed by atoms with E-state index in [1.54, 1.807) is 11.8 Å². The number of aromatic nitrogens is 4. The molecule has 1 unspecified atom stereocenters. The summed E-state index contributed by atoms with van der Waals surface area (Å²) in [5.74, 6) is 2.02. The first-order valence-corrected chi connectivity index (χ1v) is 11.7. The fourth-order valence-corrected chi connectivity index (χ4v) is 4.07. The predicted octanol–water partition coefficient (Wildman–Crippen LogP) is 4.65. The monoisotopic (exact) mass is 476 g/mol. The summed E-state index contributed by atoms with van der Waals surface area (Å²) in [6.07, 6.45) is 0.942. The Morgan fingerprint density at radius 3 is 2.71 bits per heavy atom. The van der Waals surface area contributed by atoms with Gasteiger partial charge in [-0.2, -0.15) is 4.68 Å². The summed E-state index contributed by atoms with van der Waals surface area (Å²) in [5, 5.41) is 18.3. The molecule has 0 spiro atoms. The SMILES string of the molecule is COc1cc(C2C(C(=O)Nc3cccc(C)c3C)=C(C)Nc3nnnn32)ccc1OCCC(C)C. The molecule has 3 aromatic rings. The molecule has 9 heteroatoms. The van der Waals surface area contributed by atoms with Crippen molar-refractivity contribution in [2.45, 2.75) is 47.1 Å². The number of nitrogens with one attached hydrogen (secondary N) is 2. The van der Waals surface area contributed by atoms with Crippen LogP contribution in [0, 0.1) is 19.8 Å². The molecule has 1 amide bonds. The summed E-state index contributed by atoms with van der Waals surface area (Å²) in [6.45, 7) is 10.8. The number of amides is 1. The van der Waals surface area contributed by atoms with Crippen LogP contribution in [0.25, 0.3) is 0 Å². The Hall–Kier alpha value is -3.88. The molecule has 184 valence electrons. The van der Waals surface area contributed by atoms with Crippen LogP contribution in [0.4, 0.5) is 11.6 Å². The van der Waals surface area contributed by atoms with Crippen LogP contribution in [0.5, 0.6) is 11.5 Å². The quantitative estimate of drug-likeness (QED) is 0.488. The highest BCUT2D eigenvalue weighted by Gasteiger charge is 2.34. The topological polar surface area (TPSA) is 103 Å². The lowest BCUT2D eigenvalue weighted by molar-refractivity contribution is -0.113. The van der Waals surface area contributed by atoms with Gasteiger partial charge in [0.2, 0.25) is 5.95 Å². The van der Waals surface area contributed by atoms with Gasteiger partial charge in [0.05, 0.1) is 19.3 Å². The number of aryl methyl sites for hydroxylation is 1. The van der Waals surface area contributed by atoms with Crippen molar-refractivity contribution in [3.8, 4) is 11.5 Å². The molecule has 2 N–H and O–H groups in total. The number of tetrazole rings is 1. The highest BCUT2D eigenvalue weighted by molar-refractivity contribution is 6.06. The van der Waals surface area contributed by atoms with Crippen molar-refractivity contribution in [1.82, 2.24) is 20.2 Å². The zero-order valence-corrected chi connectivity index (χ0v) is 21.0. The molecule has 0 saturated heterocycles. The summed E-state index contributed by atoms with van der Waals surface area (Å²) in [4.78, 5) is 13.6. The van der Waals surface area contributed by atoms with Crippen LogP contribution >= 0.6 is 0 Å². The zero-order chi connectivity index (χ0) is 25.1. The summed E-state index contributed by atoms with van der Waals surface area (Å²) in [5.41, 5.74) is 4.89. The van der Waals surface area contributed by atoms with Gasteiger partial charge in [-0.25, -0.2) is 0 Å². The highest BCUT2D eigenvalue weighted by atomic mass is 16.5. The third-order valence-electron chi connectivity index (χ3n) is 6.27. The second-order valence-corrected chi connectivity index (χ2v) is 9.16. The second kappa shape index (κ2) is 10.2. The minimum atomic E-state index is -0.551. The Bertz CT molecular complexity index is 1260. The number of benzene rings is 2. The molecule has 35 heavy (non-hydrogen) atoms. The Morgan fingerprint density at radius 1 is 1.17 bits per heavy atom. The van der Waals surface area contributed by atoms with E-state index in [1.165, 1.54) is 0 Å². The second-order valence-electron chi connectivity index (χ2n) is 9.16. The Kier molecular flexibility index (Phi) is 7.04. The van der Waals surface area contributed by atoms with Gasteiger partial charge in [-0.1, -0.05) is 37.1 Å². The maximum atomic E-state index is 13.6. The number of carbonyl (C=O) groups excluding carboxylic acids is 1. The van der Waals surface area contributed by atoms with Crippen molar-refractivity contribution in [2.24, 2.45) is 5.92 Å². The maximum Gasteiger partial charge on any atom is 0.255 e.